The van der Waals surface area contributed by atoms with Crippen molar-refractivity contribution in [1.29, 1.82) is 0 Å². The van der Waals surface area contributed by atoms with E-state index in [1.807, 2.05) is 19.1 Å². The number of aromatic amines is 1. The van der Waals surface area contributed by atoms with Crippen molar-refractivity contribution in [3.05, 3.63) is 106 Å². The molecule has 2 saturated heterocycles. The van der Waals surface area contributed by atoms with Crippen LogP contribution in [0.1, 0.15) is 118 Å². The zero-order valence-corrected chi connectivity index (χ0v) is 39.3. The first-order valence-corrected chi connectivity index (χ1v) is 25.8. The van der Waals surface area contributed by atoms with Gasteiger partial charge in [-0.25, -0.2) is 18.1 Å². The summed E-state index contributed by atoms with van der Waals surface area (Å²) in [6.45, 7) is 9.45. The SMILES string of the molecule is CC(C)c1ccccc1[C@@H]1CCCN1C1CC2(CCN(c3ccc(C(=O)NS(=O)(=O)c4cc5c(c([N+](=O)[O-])c4)S[C@@H](C4CCC(C)(O)CC4)CO5)c(Oc4cnc5[nH]ccc5c4)c3)CC2)C1. The van der Waals surface area contributed by atoms with Crippen molar-refractivity contribution in [3.63, 3.8) is 0 Å². The van der Waals surface area contributed by atoms with Crippen molar-refractivity contribution in [2.45, 2.75) is 124 Å². The zero-order valence-electron chi connectivity index (χ0n) is 37.7. The number of ether oxygens (including phenoxy) is 2. The molecule has 14 nitrogen and oxygen atoms in total. The van der Waals surface area contributed by atoms with Crippen LogP contribution in [0, 0.1) is 21.4 Å². The molecule has 1 amide bonds. The number of nitro benzene ring substituents is 1. The van der Waals surface area contributed by atoms with Crippen LogP contribution in [0.2, 0.25) is 0 Å². The predicted octanol–water partition coefficient (Wildman–Crippen LogP) is 9.89. The maximum Gasteiger partial charge on any atom is 0.288 e. The molecule has 0 bridgehead atoms. The molecule has 0 unspecified atom stereocenters. The van der Waals surface area contributed by atoms with E-state index < -0.39 is 37.0 Å². The molecular weight excluding hydrogens is 877 g/mol. The topological polar surface area (TPSA) is 180 Å². The van der Waals surface area contributed by atoms with Crippen LogP contribution in [0.25, 0.3) is 11.0 Å². The Morgan fingerprint density at radius 3 is 2.56 bits per heavy atom. The lowest BCUT2D eigenvalue weighted by molar-refractivity contribution is -0.388. The molecule has 2 atom stereocenters. The van der Waals surface area contributed by atoms with E-state index in [1.54, 1.807) is 30.6 Å². The van der Waals surface area contributed by atoms with Gasteiger partial charge in [0.05, 0.1) is 27.2 Å². The Bertz CT molecular complexity index is 2770. The molecule has 4 fully saturated rings. The van der Waals surface area contributed by atoms with Gasteiger partial charge in [0.2, 0.25) is 0 Å². The van der Waals surface area contributed by atoms with Gasteiger partial charge in [0.1, 0.15) is 34.4 Å². The van der Waals surface area contributed by atoms with Crippen LogP contribution >= 0.6 is 11.8 Å². The Balaban J connectivity index is 0.855. The van der Waals surface area contributed by atoms with Crippen molar-refractivity contribution in [3.8, 4) is 17.2 Å². The molecule has 2 aromatic heterocycles. The van der Waals surface area contributed by atoms with Crippen LogP contribution in [0.5, 0.6) is 17.2 Å². The number of nitrogens with zero attached hydrogens (tertiary/aromatic N) is 4. The number of amides is 1. The minimum absolute atomic E-state index is 0.0282. The molecular formula is C50H58N6O8S2. The average Bonchev–Trinajstić information content (AvgIpc) is 3.98. The minimum atomic E-state index is -4.64. The number of rotatable bonds is 11. The van der Waals surface area contributed by atoms with Gasteiger partial charge in [-0.15, -0.1) is 11.8 Å². The first-order valence-electron chi connectivity index (χ1n) is 23.4. The number of benzene rings is 3. The summed E-state index contributed by atoms with van der Waals surface area (Å²) < 4.78 is 42.5. The number of sulfonamides is 1. The fourth-order valence-electron chi connectivity index (χ4n) is 11.3. The summed E-state index contributed by atoms with van der Waals surface area (Å²) in [5, 5.41) is 23.6. The number of anilines is 1. The Kier molecular flexibility index (Phi) is 11.8. The number of H-pyrrole nitrogens is 1. The summed E-state index contributed by atoms with van der Waals surface area (Å²) in [6.07, 6.45) is 13.0. The third-order valence-electron chi connectivity index (χ3n) is 15.1. The van der Waals surface area contributed by atoms with E-state index in [0.717, 1.165) is 62.5 Å². The largest absolute Gasteiger partial charge is 0.491 e. The third kappa shape index (κ3) is 8.77. The molecule has 3 N–H and O–H groups in total. The molecule has 348 valence electrons. The fourth-order valence-corrected chi connectivity index (χ4v) is 13.7. The van der Waals surface area contributed by atoms with Crippen molar-refractivity contribution in [2.24, 2.45) is 11.3 Å². The maximum absolute atomic E-state index is 14.1. The fraction of sp³-hybridized carbons (Fsp3) is 0.480. The van der Waals surface area contributed by atoms with Crippen LogP contribution in [-0.4, -0.2) is 82.4 Å². The van der Waals surface area contributed by atoms with Gasteiger partial charge in [-0.05, 0) is 130 Å². The van der Waals surface area contributed by atoms with Crippen molar-refractivity contribution >= 4 is 50.1 Å². The highest BCUT2D eigenvalue weighted by Gasteiger charge is 2.50. The van der Waals surface area contributed by atoms with Gasteiger partial charge < -0.3 is 24.5 Å². The summed E-state index contributed by atoms with van der Waals surface area (Å²) in [7, 11) is -4.64. The minimum Gasteiger partial charge on any atom is -0.491 e. The highest BCUT2D eigenvalue weighted by molar-refractivity contribution is 8.00. The lowest BCUT2D eigenvalue weighted by Gasteiger charge is -2.56. The predicted molar refractivity (Wildman–Crippen MR) is 254 cm³/mol. The zero-order chi connectivity index (χ0) is 46.0. The lowest BCUT2D eigenvalue weighted by atomic mass is 9.59. The number of fused-ring (bicyclic) bond motifs is 2. The molecule has 66 heavy (non-hydrogen) atoms. The third-order valence-corrected chi connectivity index (χ3v) is 17.9. The van der Waals surface area contributed by atoms with Crippen molar-refractivity contribution in [1.82, 2.24) is 19.6 Å². The highest BCUT2D eigenvalue weighted by atomic mass is 32.2. The Morgan fingerprint density at radius 2 is 1.80 bits per heavy atom. The van der Waals surface area contributed by atoms with Crippen LogP contribution in [-0.2, 0) is 10.0 Å². The number of aliphatic hydroxyl groups is 1. The summed E-state index contributed by atoms with van der Waals surface area (Å²) in [5.74, 6) is 0.311. The molecule has 5 heterocycles. The maximum atomic E-state index is 14.1. The highest BCUT2D eigenvalue weighted by Crippen LogP contribution is 2.55. The number of hydrogen-bond acceptors (Lipinski definition) is 12. The molecule has 3 aliphatic heterocycles. The van der Waals surface area contributed by atoms with Crippen LogP contribution in [0.3, 0.4) is 0 Å². The average molecular weight is 935 g/mol. The molecule has 2 saturated carbocycles. The van der Waals surface area contributed by atoms with Gasteiger partial charge in [0.15, 0.2) is 0 Å². The number of nitrogens with one attached hydrogen (secondary N) is 2. The number of pyridine rings is 1. The summed E-state index contributed by atoms with van der Waals surface area (Å²) in [4.78, 5) is 38.3. The van der Waals surface area contributed by atoms with E-state index in [9.17, 15) is 28.4 Å². The second kappa shape index (κ2) is 17.5. The molecule has 5 aliphatic rings. The Labute approximate surface area is 390 Å². The first kappa shape index (κ1) is 44.7. The standard InChI is InChI=1S/C50H58N6O8S2/c1-31(2)38-7-4-5-8-39(38)41-9-6-20-55(41)35-27-50(28-35)17-21-54(22-18-50)34-10-11-40(43(24-34)64-36-23-33-14-19-51-47(33)52-29-36)48(57)53-66(61,62)37-25-42(56(59)60)46-44(26-37)63-30-45(65-46)32-12-15-49(3,58)16-13-32/h4-5,7-8,10-11,14,19,23-26,29,31-32,35,41,45,58H,6,9,12-13,15-18,20-22,27-28,30H2,1-3H3,(H,51,52)(H,53,57)/t32?,41-,45+,49?/m0/s1. The van der Waals surface area contributed by atoms with E-state index in [0.29, 0.717) is 47.7 Å². The molecule has 5 aromatic rings. The Hall–Kier alpha value is -5.16. The molecule has 0 radical (unpaired) electrons. The Morgan fingerprint density at radius 1 is 1.03 bits per heavy atom. The number of nitro groups is 1. The quantitative estimate of drug-likeness (QED) is 0.0844. The smallest absolute Gasteiger partial charge is 0.288 e. The number of piperidine rings is 1. The van der Waals surface area contributed by atoms with Gasteiger partial charge in [-0.1, -0.05) is 38.1 Å². The number of carbonyl (C=O) groups is 1. The molecule has 3 aromatic carbocycles. The number of carbonyl (C=O) groups excluding carboxylic acids is 1. The molecule has 10 rings (SSSR count). The van der Waals surface area contributed by atoms with Crippen LogP contribution < -0.4 is 19.1 Å². The second-order valence-electron chi connectivity index (χ2n) is 19.9. The van der Waals surface area contributed by atoms with Gasteiger partial charge in [-0.3, -0.25) is 19.8 Å². The van der Waals surface area contributed by atoms with E-state index in [4.69, 9.17) is 9.47 Å². The monoisotopic (exact) mass is 934 g/mol. The van der Waals surface area contributed by atoms with E-state index in [-0.39, 0.29) is 39.7 Å². The van der Waals surface area contributed by atoms with Crippen molar-refractivity contribution < 1.29 is 32.7 Å². The van der Waals surface area contributed by atoms with Gasteiger partial charge in [0.25, 0.3) is 21.6 Å². The first-order chi connectivity index (χ1) is 31.6. The van der Waals surface area contributed by atoms with E-state index in [1.165, 1.54) is 54.6 Å². The normalized spacial score (nSPS) is 24.5. The van der Waals surface area contributed by atoms with Gasteiger partial charge in [0, 0.05) is 65.9 Å². The number of aromatic nitrogens is 2. The summed E-state index contributed by atoms with van der Waals surface area (Å²) in [5.41, 5.74) is 3.61. The molecule has 2 aliphatic carbocycles. The molecule has 1 spiro atoms. The summed E-state index contributed by atoms with van der Waals surface area (Å²) >= 11 is 1.32. The van der Waals surface area contributed by atoms with Crippen LogP contribution in [0.15, 0.2) is 88.9 Å². The van der Waals surface area contributed by atoms with Gasteiger partial charge in [-0.2, -0.15) is 0 Å². The lowest BCUT2D eigenvalue weighted by Crippen LogP contribution is -2.54. The second-order valence-corrected chi connectivity index (χ2v) is 22.8. The van der Waals surface area contributed by atoms with E-state index >= 15 is 0 Å². The van der Waals surface area contributed by atoms with Crippen LogP contribution in [0.4, 0.5) is 11.4 Å². The van der Waals surface area contributed by atoms with Gasteiger partial charge >= 0.3 is 0 Å². The number of hydrogen-bond donors (Lipinski definition) is 3. The summed E-state index contributed by atoms with van der Waals surface area (Å²) in [6, 6.07) is 21.1. The van der Waals surface area contributed by atoms with Crippen molar-refractivity contribution in [2.75, 3.05) is 31.1 Å². The van der Waals surface area contributed by atoms with E-state index in [2.05, 4.69) is 62.6 Å². The molecule has 16 heteroatoms. The number of likely N-dealkylation sites (tertiary alicyclic amines) is 1. The number of thioether (sulfide) groups is 1.